The van der Waals surface area contributed by atoms with Gasteiger partial charge in [0, 0.05) is 12.1 Å². The minimum Gasteiger partial charge on any atom is -0.490 e. The summed E-state index contributed by atoms with van der Waals surface area (Å²) in [5, 5.41) is 4.74. The van der Waals surface area contributed by atoms with Crippen LogP contribution in [0.2, 0.25) is 15.1 Å². The standard InChI is InChI=1S/C11H12Cl3NO/c12-8-4-10(14)11(5-9(8)13)16-6-7-2-1-3-15-7/h4-5,7,15H,1-3,6H2. The minimum atomic E-state index is 0.408. The lowest BCUT2D eigenvalue weighted by molar-refractivity contribution is 0.277. The number of hydrogen-bond acceptors (Lipinski definition) is 2. The third-order valence-electron chi connectivity index (χ3n) is 2.58. The number of nitrogens with one attached hydrogen (secondary N) is 1. The number of ether oxygens (including phenoxy) is 1. The van der Waals surface area contributed by atoms with E-state index in [1.165, 1.54) is 6.42 Å². The Morgan fingerprint density at radius 2 is 1.94 bits per heavy atom. The first-order chi connectivity index (χ1) is 7.66. The maximum Gasteiger partial charge on any atom is 0.139 e. The van der Waals surface area contributed by atoms with Crippen molar-refractivity contribution >= 4 is 34.8 Å². The van der Waals surface area contributed by atoms with Crippen molar-refractivity contribution < 1.29 is 4.74 Å². The van der Waals surface area contributed by atoms with Crippen molar-refractivity contribution in [1.29, 1.82) is 0 Å². The van der Waals surface area contributed by atoms with E-state index in [1.807, 2.05) is 0 Å². The average Bonchev–Trinajstić information content (AvgIpc) is 2.74. The molecule has 0 radical (unpaired) electrons. The third kappa shape index (κ3) is 2.95. The van der Waals surface area contributed by atoms with Crippen molar-refractivity contribution in [3.05, 3.63) is 27.2 Å². The fourth-order valence-corrected chi connectivity index (χ4v) is 2.30. The molecule has 0 saturated carbocycles. The predicted molar refractivity (Wildman–Crippen MR) is 68.0 cm³/mol. The van der Waals surface area contributed by atoms with Crippen LogP contribution in [0.4, 0.5) is 0 Å². The maximum atomic E-state index is 6.00. The summed E-state index contributed by atoms with van der Waals surface area (Å²) in [7, 11) is 0. The third-order valence-corrected chi connectivity index (χ3v) is 3.59. The van der Waals surface area contributed by atoms with Gasteiger partial charge in [0.1, 0.15) is 12.4 Å². The monoisotopic (exact) mass is 279 g/mol. The van der Waals surface area contributed by atoms with Gasteiger partial charge in [-0.15, -0.1) is 0 Å². The van der Waals surface area contributed by atoms with Crippen molar-refractivity contribution in [2.24, 2.45) is 0 Å². The summed E-state index contributed by atoms with van der Waals surface area (Å²) in [5.74, 6) is 0.588. The van der Waals surface area contributed by atoms with E-state index in [0.29, 0.717) is 33.5 Å². The van der Waals surface area contributed by atoms with E-state index < -0.39 is 0 Å². The molecule has 0 spiro atoms. The van der Waals surface area contributed by atoms with Crippen molar-refractivity contribution in [3.63, 3.8) is 0 Å². The summed E-state index contributed by atoms with van der Waals surface area (Å²) >= 11 is 17.7. The first-order valence-electron chi connectivity index (χ1n) is 5.17. The van der Waals surface area contributed by atoms with E-state index in [0.717, 1.165) is 13.0 Å². The normalized spacial score (nSPS) is 20.1. The Morgan fingerprint density at radius 3 is 2.62 bits per heavy atom. The molecule has 1 atom stereocenters. The maximum absolute atomic E-state index is 6.00. The molecule has 1 aliphatic rings. The Kier molecular flexibility index (Phi) is 4.20. The van der Waals surface area contributed by atoms with Crippen molar-refractivity contribution in [3.8, 4) is 5.75 Å². The van der Waals surface area contributed by atoms with E-state index in [9.17, 15) is 0 Å². The predicted octanol–water partition coefficient (Wildman–Crippen LogP) is 3.78. The summed E-state index contributed by atoms with van der Waals surface area (Å²) in [4.78, 5) is 0. The lowest BCUT2D eigenvalue weighted by atomic mass is 10.2. The van der Waals surface area contributed by atoms with Gasteiger partial charge < -0.3 is 10.1 Å². The SMILES string of the molecule is Clc1cc(Cl)c(OCC2CCCN2)cc1Cl. The van der Waals surface area contributed by atoms with Gasteiger partial charge in [-0.05, 0) is 25.5 Å². The lowest BCUT2D eigenvalue weighted by Gasteiger charge is -2.13. The molecular weight excluding hydrogens is 268 g/mol. The van der Waals surface area contributed by atoms with E-state index in [4.69, 9.17) is 39.5 Å². The number of benzene rings is 1. The van der Waals surface area contributed by atoms with Crippen LogP contribution in [0.1, 0.15) is 12.8 Å². The Hall–Kier alpha value is -0.150. The fraction of sp³-hybridized carbons (Fsp3) is 0.455. The fourth-order valence-electron chi connectivity index (χ4n) is 1.70. The van der Waals surface area contributed by atoms with Crippen LogP contribution in [0, 0.1) is 0 Å². The minimum absolute atomic E-state index is 0.408. The smallest absolute Gasteiger partial charge is 0.139 e. The zero-order valence-electron chi connectivity index (χ0n) is 8.60. The van der Waals surface area contributed by atoms with Crippen molar-refractivity contribution in [2.45, 2.75) is 18.9 Å². The van der Waals surface area contributed by atoms with Gasteiger partial charge >= 0.3 is 0 Å². The first kappa shape index (κ1) is 12.3. The molecule has 1 aromatic rings. The van der Waals surface area contributed by atoms with E-state index in [2.05, 4.69) is 5.32 Å². The van der Waals surface area contributed by atoms with Gasteiger partial charge in [-0.1, -0.05) is 34.8 Å². The zero-order valence-corrected chi connectivity index (χ0v) is 10.9. The molecule has 1 unspecified atom stereocenters. The molecule has 2 rings (SSSR count). The topological polar surface area (TPSA) is 21.3 Å². The average molecular weight is 281 g/mol. The summed E-state index contributed by atoms with van der Waals surface area (Å²) in [6, 6.07) is 3.66. The van der Waals surface area contributed by atoms with Gasteiger partial charge in [-0.25, -0.2) is 0 Å². The summed E-state index contributed by atoms with van der Waals surface area (Å²) < 4.78 is 5.62. The highest BCUT2D eigenvalue weighted by Gasteiger charge is 2.15. The Labute approximate surface area is 110 Å². The van der Waals surface area contributed by atoms with Crippen LogP contribution < -0.4 is 10.1 Å². The van der Waals surface area contributed by atoms with Gasteiger partial charge in [0.25, 0.3) is 0 Å². The molecule has 1 saturated heterocycles. The van der Waals surface area contributed by atoms with Crippen LogP contribution in [-0.4, -0.2) is 19.2 Å². The Morgan fingerprint density at radius 1 is 1.19 bits per heavy atom. The summed E-state index contributed by atoms with van der Waals surface area (Å²) in [6.45, 7) is 1.67. The van der Waals surface area contributed by atoms with Crippen molar-refractivity contribution in [2.75, 3.05) is 13.2 Å². The molecule has 0 bridgehead atoms. The highest BCUT2D eigenvalue weighted by atomic mass is 35.5. The molecule has 5 heteroatoms. The van der Waals surface area contributed by atoms with Crippen LogP contribution in [0.3, 0.4) is 0 Å². The van der Waals surface area contributed by atoms with E-state index in [1.54, 1.807) is 12.1 Å². The summed E-state index contributed by atoms with van der Waals surface area (Å²) in [5.41, 5.74) is 0. The first-order valence-corrected chi connectivity index (χ1v) is 6.31. The van der Waals surface area contributed by atoms with Gasteiger partial charge in [0.15, 0.2) is 0 Å². The van der Waals surface area contributed by atoms with Crippen LogP contribution in [0.25, 0.3) is 0 Å². The van der Waals surface area contributed by atoms with Crippen LogP contribution >= 0.6 is 34.8 Å². The molecule has 2 nitrogen and oxygen atoms in total. The van der Waals surface area contributed by atoms with Gasteiger partial charge in [-0.3, -0.25) is 0 Å². The molecule has 88 valence electrons. The molecule has 0 aliphatic carbocycles. The molecular formula is C11H12Cl3NO. The number of rotatable bonds is 3. The van der Waals surface area contributed by atoms with Gasteiger partial charge in [-0.2, -0.15) is 0 Å². The summed E-state index contributed by atoms with van der Waals surface area (Å²) in [6.07, 6.45) is 2.34. The van der Waals surface area contributed by atoms with Crippen molar-refractivity contribution in [1.82, 2.24) is 5.32 Å². The second kappa shape index (κ2) is 5.46. The zero-order chi connectivity index (χ0) is 11.5. The number of hydrogen-bond donors (Lipinski definition) is 1. The van der Waals surface area contributed by atoms with E-state index >= 15 is 0 Å². The van der Waals surface area contributed by atoms with Crippen LogP contribution in [-0.2, 0) is 0 Å². The van der Waals surface area contributed by atoms with Gasteiger partial charge in [0.05, 0.1) is 15.1 Å². The molecule has 1 heterocycles. The Bertz CT molecular complexity index is 378. The van der Waals surface area contributed by atoms with Gasteiger partial charge in [0.2, 0.25) is 0 Å². The lowest BCUT2D eigenvalue weighted by Crippen LogP contribution is -2.28. The quantitative estimate of drug-likeness (QED) is 0.851. The number of halogens is 3. The molecule has 1 aliphatic heterocycles. The van der Waals surface area contributed by atoms with Crippen LogP contribution in [0.15, 0.2) is 12.1 Å². The highest BCUT2D eigenvalue weighted by molar-refractivity contribution is 6.43. The molecule has 0 aromatic heterocycles. The van der Waals surface area contributed by atoms with Crippen LogP contribution in [0.5, 0.6) is 5.75 Å². The largest absolute Gasteiger partial charge is 0.490 e. The molecule has 16 heavy (non-hydrogen) atoms. The molecule has 1 fully saturated rings. The second-order valence-corrected chi connectivity index (χ2v) is 5.02. The molecule has 0 amide bonds. The van der Waals surface area contributed by atoms with E-state index in [-0.39, 0.29) is 0 Å². The highest BCUT2D eigenvalue weighted by Crippen LogP contribution is 2.33. The Balaban J connectivity index is 2.00. The molecule has 1 aromatic carbocycles. The second-order valence-electron chi connectivity index (χ2n) is 3.80. The molecule has 1 N–H and O–H groups in total.